The van der Waals surface area contributed by atoms with E-state index in [4.69, 9.17) is 14.2 Å². The zero-order valence-corrected chi connectivity index (χ0v) is 17.4. The molecule has 0 bridgehead atoms. The zero-order valence-electron chi connectivity index (χ0n) is 17.4. The second-order valence-electron chi connectivity index (χ2n) is 7.28. The Balaban J connectivity index is 1.40. The van der Waals surface area contributed by atoms with E-state index in [2.05, 4.69) is 5.32 Å². The molecule has 1 saturated heterocycles. The summed E-state index contributed by atoms with van der Waals surface area (Å²) in [6.07, 6.45) is 1.63. The van der Waals surface area contributed by atoms with Crippen LogP contribution in [0, 0.1) is 5.92 Å². The first-order chi connectivity index (χ1) is 14.6. The summed E-state index contributed by atoms with van der Waals surface area (Å²) in [7, 11) is 3.15. The first-order valence-corrected chi connectivity index (χ1v) is 10.1. The first kappa shape index (κ1) is 21.5. The van der Waals surface area contributed by atoms with Crippen LogP contribution in [0.15, 0.2) is 48.5 Å². The average molecular weight is 412 g/mol. The van der Waals surface area contributed by atoms with Gasteiger partial charge in [0.15, 0.2) is 11.5 Å². The second kappa shape index (κ2) is 10.5. The fraction of sp³-hybridized carbons (Fsp3) is 0.391. The van der Waals surface area contributed by atoms with Gasteiger partial charge in [-0.2, -0.15) is 0 Å². The van der Waals surface area contributed by atoms with E-state index in [9.17, 15) is 9.59 Å². The van der Waals surface area contributed by atoms with Crippen LogP contribution in [0.5, 0.6) is 17.2 Å². The standard InChI is InChI=1S/C23H28N2O5/c1-28-20-9-8-18(14-21(20)29-2)15-22(26)24-16-17-10-12-25(13-11-17)23(27)30-19-6-4-3-5-7-19/h3-9,14,17H,10-13,15-16H2,1-2H3,(H,24,26). The van der Waals surface area contributed by atoms with Crippen molar-refractivity contribution in [2.75, 3.05) is 33.9 Å². The normalized spacial score (nSPS) is 14.1. The van der Waals surface area contributed by atoms with Gasteiger partial charge in [-0.15, -0.1) is 0 Å². The zero-order chi connectivity index (χ0) is 21.3. The number of hydrogen-bond acceptors (Lipinski definition) is 5. The van der Waals surface area contributed by atoms with E-state index < -0.39 is 0 Å². The molecule has 0 atom stereocenters. The van der Waals surface area contributed by atoms with Crippen molar-refractivity contribution in [2.24, 2.45) is 5.92 Å². The molecule has 0 aromatic heterocycles. The lowest BCUT2D eigenvalue weighted by Crippen LogP contribution is -2.42. The van der Waals surface area contributed by atoms with E-state index in [0.717, 1.165) is 18.4 Å². The fourth-order valence-electron chi connectivity index (χ4n) is 3.47. The number of carbonyl (C=O) groups is 2. The Morgan fingerprint density at radius 3 is 2.37 bits per heavy atom. The van der Waals surface area contributed by atoms with Gasteiger partial charge in [-0.05, 0) is 48.6 Å². The molecule has 2 amide bonds. The van der Waals surface area contributed by atoms with Crippen LogP contribution < -0.4 is 19.5 Å². The van der Waals surface area contributed by atoms with Crippen molar-refractivity contribution in [3.63, 3.8) is 0 Å². The summed E-state index contributed by atoms with van der Waals surface area (Å²) >= 11 is 0. The molecule has 1 heterocycles. The third-order valence-electron chi connectivity index (χ3n) is 5.22. The summed E-state index contributed by atoms with van der Waals surface area (Å²) in [5.74, 6) is 2.11. The Morgan fingerprint density at radius 1 is 1.00 bits per heavy atom. The minimum Gasteiger partial charge on any atom is -0.493 e. The van der Waals surface area contributed by atoms with Crippen LogP contribution in [0.2, 0.25) is 0 Å². The Kier molecular flexibility index (Phi) is 7.54. The molecule has 160 valence electrons. The number of carbonyl (C=O) groups excluding carboxylic acids is 2. The molecule has 0 unspecified atom stereocenters. The monoisotopic (exact) mass is 412 g/mol. The number of ether oxygens (including phenoxy) is 3. The van der Waals surface area contributed by atoms with Gasteiger partial charge in [0.05, 0.1) is 20.6 Å². The largest absolute Gasteiger partial charge is 0.493 e. The van der Waals surface area contributed by atoms with Crippen molar-refractivity contribution in [3.8, 4) is 17.2 Å². The van der Waals surface area contributed by atoms with Crippen LogP contribution in [0.3, 0.4) is 0 Å². The maximum atomic E-state index is 12.3. The maximum absolute atomic E-state index is 12.3. The number of benzene rings is 2. The average Bonchev–Trinajstić information content (AvgIpc) is 2.78. The highest BCUT2D eigenvalue weighted by Crippen LogP contribution is 2.27. The van der Waals surface area contributed by atoms with E-state index >= 15 is 0 Å². The molecule has 1 fully saturated rings. The highest BCUT2D eigenvalue weighted by atomic mass is 16.6. The summed E-state index contributed by atoms with van der Waals surface area (Å²) in [6, 6.07) is 14.5. The van der Waals surface area contributed by atoms with Crippen molar-refractivity contribution in [2.45, 2.75) is 19.3 Å². The van der Waals surface area contributed by atoms with Gasteiger partial charge < -0.3 is 24.4 Å². The van der Waals surface area contributed by atoms with Gasteiger partial charge in [0.2, 0.25) is 5.91 Å². The van der Waals surface area contributed by atoms with Crippen molar-refractivity contribution >= 4 is 12.0 Å². The van der Waals surface area contributed by atoms with Crippen LogP contribution in [-0.2, 0) is 11.2 Å². The molecule has 1 aliphatic heterocycles. The van der Waals surface area contributed by atoms with Crippen LogP contribution in [0.1, 0.15) is 18.4 Å². The highest BCUT2D eigenvalue weighted by Gasteiger charge is 2.24. The molecule has 7 heteroatoms. The second-order valence-corrected chi connectivity index (χ2v) is 7.28. The maximum Gasteiger partial charge on any atom is 0.415 e. The van der Waals surface area contributed by atoms with E-state index in [1.165, 1.54) is 0 Å². The van der Waals surface area contributed by atoms with E-state index in [1.54, 1.807) is 37.3 Å². The van der Waals surface area contributed by atoms with Crippen LogP contribution in [-0.4, -0.2) is 50.8 Å². The van der Waals surface area contributed by atoms with Crippen molar-refractivity contribution in [1.82, 2.24) is 10.2 Å². The Bertz CT molecular complexity index is 848. The number of rotatable bonds is 7. The number of piperidine rings is 1. The number of para-hydroxylation sites is 1. The molecule has 0 saturated carbocycles. The lowest BCUT2D eigenvalue weighted by atomic mass is 9.97. The fourth-order valence-corrected chi connectivity index (χ4v) is 3.47. The number of hydrogen-bond donors (Lipinski definition) is 1. The molecular weight excluding hydrogens is 384 g/mol. The molecule has 1 N–H and O–H groups in total. The topological polar surface area (TPSA) is 77.1 Å². The summed E-state index contributed by atoms with van der Waals surface area (Å²) < 4.78 is 15.9. The minimum absolute atomic E-state index is 0.0341. The number of methoxy groups -OCH3 is 2. The van der Waals surface area contributed by atoms with Crippen LogP contribution in [0.4, 0.5) is 4.79 Å². The lowest BCUT2D eigenvalue weighted by molar-refractivity contribution is -0.120. The highest BCUT2D eigenvalue weighted by molar-refractivity contribution is 5.78. The summed E-state index contributed by atoms with van der Waals surface area (Å²) in [4.78, 5) is 26.3. The smallest absolute Gasteiger partial charge is 0.415 e. The number of nitrogens with one attached hydrogen (secondary N) is 1. The molecule has 0 spiro atoms. The van der Waals surface area contributed by atoms with E-state index in [0.29, 0.717) is 42.8 Å². The molecule has 0 radical (unpaired) electrons. The predicted octanol–water partition coefficient (Wildman–Crippen LogP) is 3.27. The van der Waals surface area contributed by atoms with Crippen molar-refractivity contribution in [1.29, 1.82) is 0 Å². The number of nitrogens with zero attached hydrogens (tertiary/aromatic N) is 1. The summed E-state index contributed by atoms with van der Waals surface area (Å²) in [6.45, 7) is 1.86. The van der Waals surface area contributed by atoms with Crippen molar-refractivity contribution in [3.05, 3.63) is 54.1 Å². The summed E-state index contributed by atoms with van der Waals surface area (Å²) in [5, 5.41) is 3.01. The molecular formula is C23H28N2O5. The number of likely N-dealkylation sites (tertiary alicyclic amines) is 1. The third kappa shape index (κ3) is 5.89. The Morgan fingerprint density at radius 2 is 1.70 bits per heavy atom. The Hall–Kier alpha value is -3.22. The van der Waals surface area contributed by atoms with Crippen LogP contribution in [0.25, 0.3) is 0 Å². The van der Waals surface area contributed by atoms with E-state index in [1.807, 2.05) is 30.3 Å². The van der Waals surface area contributed by atoms with Gasteiger partial charge in [0.25, 0.3) is 0 Å². The van der Waals surface area contributed by atoms with Crippen molar-refractivity contribution < 1.29 is 23.8 Å². The molecule has 0 aliphatic carbocycles. The molecule has 2 aromatic rings. The van der Waals surface area contributed by atoms with Gasteiger partial charge in [-0.3, -0.25) is 4.79 Å². The molecule has 7 nitrogen and oxygen atoms in total. The van der Waals surface area contributed by atoms with Gasteiger partial charge in [0, 0.05) is 19.6 Å². The summed E-state index contributed by atoms with van der Waals surface area (Å²) in [5.41, 5.74) is 0.864. The van der Waals surface area contributed by atoms with E-state index in [-0.39, 0.29) is 18.4 Å². The molecule has 2 aromatic carbocycles. The molecule has 30 heavy (non-hydrogen) atoms. The lowest BCUT2D eigenvalue weighted by Gasteiger charge is -2.31. The molecule has 1 aliphatic rings. The van der Waals surface area contributed by atoms with Crippen LogP contribution >= 0.6 is 0 Å². The van der Waals surface area contributed by atoms with Gasteiger partial charge in [0.1, 0.15) is 5.75 Å². The Labute approximate surface area is 176 Å². The van der Waals surface area contributed by atoms with Gasteiger partial charge in [-0.25, -0.2) is 4.79 Å². The predicted molar refractivity (Wildman–Crippen MR) is 113 cm³/mol. The van der Waals surface area contributed by atoms with Gasteiger partial charge in [-0.1, -0.05) is 24.3 Å². The first-order valence-electron chi connectivity index (χ1n) is 10.1. The minimum atomic E-state index is -0.322. The molecule has 3 rings (SSSR count). The third-order valence-corrected chi connectivity index (χ3v) is 5.22. The number of amides is 2. The van der Waals surface area contributed by atoms with Gasteiger partial charge >= 0.3 is 6.09 Å². The quantitative estimate of drug-likeness (QED) is 0.755. The SMILES string of the molecule is COc1ccc(CC(=O)NCC2CCN(C(=O)Oc3ccccc3)CC2)cc1OC.